The van der Waals surface area contributed by atoms with Gasteiger partial charge < -0.3 is 10.5 Å². The summed E-state index contributed by atoms with van der Waals surface area (Å²) in [6.07, 6.45) is -1.50. The zero-order valence-electron chi connectivity index (χ0n) is 15.0. The van der Waals surface area contributed by atoms with Crippen molar-refractivity contribution in [2.75, 3.05) is 0 Å². The third-order valence-electron chi connectivity index (χ3n) is 4.25. The molecule has 0 unspecified atom stereocenters. The van der Waals surface area contributed by atoms with Gasteiger partial charge in [0.25, 0.3) is 5.91 Å². The van der Waals surface area contributed by atoms with E-state index in [1.54, 1.807) is 10.6 Å². The lowest BCUT2D eigenvalue weighted by molar-refractivity contribution is -0.138. The number of pyridine rings is 1. The maximum Gasteiger partial charge on any atom is 0.416 e. The van der Waals surface area contributed by atoms with E-state index in [2.05, 4.69) is 9.97 Å². The number of rotatable bonds is 5. The summed E-state index contributed by atoms with van der Waals surface area (Å²) in [6, 6.07) is 8.20. The van der Waals surface area contributed by atoms with Crippen LogP contribution in [0.4, 0.5) is 13.2 Å². The molecule has 6 nitrogen and oxygen atoms in total. The summed E-state index contributed by atoms with van der Waals surface area (Å²) >= 11 is 6.98. The van der Waals surface area contributed by atoms with Gasteiger partial charge in [-0.1, -0.05) is 29.8 Å². The molecule has 3 aromatic heterocycles. The van der Waals surface area contributed by atoms with E-state index in [0.717, 1.165) is 17.4 Å². The molecule has 0 spiro atoms. The fraction of sp³-hybridized carbons (Fsp3) is 0.105. The molecule has 30 heavy (non-hydrogen) atoms. The monoisotopic (exact) mass is 452 g/mol. The summed E-state index contributed by atoms with van der Waals surface area (Å²) in [5, 5.41) is 0.795. The molecule has 0 aliphatic heterocycles. The minimum Gasteiger partial charge on any atom is -0.487 e. The summed E-state index contributed by atoms with van der Waals surface area (Å²) in [6.45, 7) is -0.382. The van der Waals surface area contributed by atoms with Crippen molar-refractivity contribution in [3.05, 3.63) is 70.1 Å². The van der Waals surface area contributed by atoms with E-state index in [4.69, 9.17) is 22.1 Å². The largest absolute Gasteiger partial charge is 0.487 e. The van der Waals surface area contributed by atoms with Gasteiger partial charge in [-0.2, -0.15) is 13.2 Å². The Labute approximate surface area is 176 Å². The molecule has 0 atom stereocenters. The van der Waals surface area contributed by atoms with Crippen molar-refractivity contribution >= 4 is 39.9 Å². The average molecular weight is 453 g/mol. The Bertz CT molecular complexity index is 1250. The first-order chi connectivity index (χ1) is 14.2. The molecular formula is C19H12ClF3N4O2S. The number of carbonyl (C=O) groups is 1. The van der Waals surface area contributed by atoms with Gasteiger partial charge >= 0.3 is 6.18 Å². The molecule has 4 rings (SSSR count). The van der Waals surface area contributed by atoms with E-state index in [-0.39, 0.29) is 28.0 Å². The number of halogens is 4. The smallest absolute Gasteiger partial charge is 0.416 e. The second-order valence-electron chi connectivity index (χ2n) is 6.20. The zero-order valence-corrected chi connectivity index (χ0v) is 16.6. The van der Waals surface area contributed by atoms with Crippen molar-refractivity contribution in [1.29, 1.82) is 0 Å². The Morgan fingerprint density at radius 1 is 1.23 bits per heavy atom. The van der Waals surface area contributed by atoms with Gasteiger partial charge in [0.15, 0.2) is 0 Å². The van der Waals surface area contributed by atoms with Gasteiger partial charge in [-0.05, 0) is 6.07 Å². The first-order valence-corrected chi connectivity index (χ1v) is 9.64. The van der Waals surface area contributed by atoms with Gasteiger partial charge in [-0.25, -0.2) is 9.97 Å². The number of nitrogens with two attached hydrogens (primary N) is 1. The molecule has 4 aromatic rings. The maximum absolute atomic E-state index is 13.2. The number of carbonyl (C=O) groups excluding carboxylic acids is 1. The third kappa shape index (κ3) is 3.83. The first-order valence-electron chi connectivity index (χ1n) is 8.44. The molecule has 2 N–H and O–H groups in total. The van der Waals surface area contributed by atoms with Crippen molar-refractivity contribution in [1.82, 2.24) is 14.5 Å². The van der Waals surface area contributed by atoms with Crippen LogP contribution in [-0.2, 0) is 12.8 Å². The molecule has 1 aromatic carbocycles. The fourth-order valence-electron chi connectivity index (χ4n) is 2.90. The number of aromatic nitrogens is 3. The Balaban J connectivity index is 1.69. The van der Waals surface area contributed by atoms with Gasteiger partial charge in [0.05, 0.1) is 17.3 Å². The lowest BCUT2D eigenvalue weighted by Gasteiger charge is -2.13. The molecule has 3 heterocycles. The first kappa shape index (κ1) is 20.2. The minimum atomic E-state index is -4.52. The highest BCUT2D eigenvalue weighted by atomic mass is 35.5. The maximum atomic E-state index is 13.2. The molecule has 0 saturated heterocycles. The van der Waals surface area contributed by atoms with Crippen LogP contribution < -0.4 is 10.5 Å². The van der Waals surface area contributed by atoms with Crippen LogP contribution in [-0.4, -0.2) is 20.4 Å². The molecule has 154 valence electrons. The number of benzene rings is 1. The van der Waals surface area contributed by atoms with Crippen LogP contribution in [0.1, 0.15) is 20.8 Å². The molecular weight excluding hydrogens is 441 g/mol. The Morgan fingerprint density at radius 2 is 2.00 bits per heavy atom. The molecule has 0 saturated carbocycles. The van der Waals surface area contributed by atoms with E-state index in [1.165, 1.54) is 36.8 Å². The van der Waals surface area contributed by atoms with Crippen molar-refractivity contribution in [3.63, 3.8) is 0 Å². The average Bonchev–Trinajstić information content (AvgIpc) is 3.29. The van der Waals surface area contributed by atoms with Crippen LogP contribution in [0.2, 0.25) is 5.15 Å². The summed E-state index contributed by atoms with van der Waals surface area (Å²) in [4.78, 5) is 20.1. The lowest BCUT2D eigenvalue weighted by atomic mass is 10.1. The SMILES string of the molecule is NC(=O)c1sc(-n2cnc3cnc(Cl)cc32)cc1OCc1ccccc1C(F)(F)F. The fourth-order valence-corrected chi connectivity index (χ4v) is 3.99. The van der Waals surface area contributed by atoms with E-state index < -0.39 is 17.6 Å². The number of imidazole rings is 1. The number of nitrogens with zero attached hydrogens (tertiary/aromatic N) is 3. The number of thiophene rings is 1. The number of alkyl halides is 3. The summed E-state index contributed by atoms with van der Waals surface area (Å²) in [5.41, 5.74) is 5.80. The molecule has 0 bridgehead atoms. The number of primary amides is 1. The van der Waals surface area contributed by atoms with Gasteiger partial charge in [-0.15, -0.1) is 11.3 Å². The minimum absolute atomic E-state index is 0.0564. The van der Waals surface area contributed by atoms with Gasteiger partial charge in [0.1, 0.15) is 39.2 Å². The van der Waals surface area contributed by atoms with Gasteiger partial charge in [0, 0.05) is 17.7 Å². The van der Waals surface area contributed by atoms with Crippen molar-refractivity contribution in [3.8, 4) is 10.8 Å². The Morgan fingerprint density at radius 3 is 2.73 bits per heavy atom. The number of fused-ring (bicyclic) bond motifs is 1. The summed E-state index contributed by atoms with van der Waals surface area (Å²) in [5.74, 6) is -0.670. The lowest BCUT2D eigenvalue weighted by Crippen LogP contribution is -2.13. The molecule has 0 aliphatic carbocycles. The van der Waals surface area contributed by atoms with E-state index in [1.807, 2.05) is 0 Å². The third-order valence-corrected chi connectivity index (χ3v) is 5.59. The standard InChI is InChI=1S/C19H12ClF3N4O2S/c20-15-5-13-12(7-25-15)26-9-27(13)16-6-14(17(30-16)18(24)28)29-8-10-3-1-2-4-11(10)19(21,22)23/h1-7,9H,8H2,(H2,24,28). The second-order valence-corrected chi connectivity index (χ2v) is 7.61. The topological polar surface area (TPSA) is 83.0 Å². The molecule has 0 aliphatic rings. The van der Waals surface area contributed by atoms with E-state index in [0.29, 0.717) is 16.0 Å². The van der Waals surface area contributed by atoms with Crippen molar-refractivity contribution in [2.45, 2.75) is 12.8 Å². The van der Waals surface area contributed by atoms with Crippen LogP contribution in [0, 0.1) is 0 Å². The normalized spacial score (nSPS) is 11.7. The quantitative estimate of drug-likeness (QED) is 0.439. The Hall–Kier alpha value is -3.11. The molecule has 11 heteroatoms. The van der Waals surface area contributed by atoms with E-state index >= 15 is 0 Å². The number of hydrogen-bond acceptors (Lipinski definition) is 5. The predicted octanol–water partition coefficient (Wildman–Crippen LogP) is 4.83. The molecule has 0 radical (unpaired) electrons. The highest BCUT2D eigenvalue weighted by molar-refractivity contribution is 7.16. The number of hydrogen-bond donors (Lipinski definition) is 1. The van der Waals surface area contributed by atoms with Gasteiger partial charge in [-0.3, -0.25) is 9.36 Å². The van der Waals surface area contributed by atoms with Crippen molar-refractivity contribution in [2.24, 2.45) is 5.73 Å². The second kappa shape index (κ2) is 7.62. The van der Waals surface area contributed by atoms with Crippen LogP contribution in [0.5, 0.6) is 5.75 Å². The van der Waals surface area contributed by atoms with Crippen LogP contribution in [0.3, 0.4) is 0 Å². The van der Waals surface area contributed by atoms with E-state index in [9.17, 15) is 18.0 Å². The Kier molecular flexibility index (Phi) is 5.12. The highest BCUT2D eigenvalue weighted by Crippen LogP contribution is 2.36. The highest BCUT2D eigenvalue weighted by Gasteiger charge is 2.33. The van der Waals surface area contributed by atoms with Crippen molar-refractivity contribution < 1.29 is 22.7 Å². The van der Waals surface area contributed by atoms with Crippen LogP contribution in [0.15, 0.2) is 48.9 Å². The van der Waals surface area contributed by atoms with Gasteiger partial charge in [0.2, 0.25) is 0 Å². The molecule has 0 fully saturated rings. The number of amides is 1. The molecule has 1 amide bonds. The summed E-state index contributed by atoms with van der Waals surface area (Å²) in [7, 11) is 0. The number of ether oxygens (including phenoxy) is 1. The predicted molar refractivity (Wildman–Crippen MR) is 106 cm³/mol. The summed E-state index contributed by atoms with van der Waals surface area (Å²) < 4.78 is 46.8. The van der Waals surface area contributed by atoms with Crippen LogP contribution in [0.25, 0.3) is 16.0 Å². The zero-order chi connectivity index (χ0) is 21.5. The van der Waals surface area contributed by atoms with Crippen LogP contribution >= 0.6 is 22.9 Å².